The Bertz CT molecular complexity index is 205. The van der Waals surface area contributed by atoms with Crippen molar-refractivity contribution < 1.29 is 14.7 Å². The summed E-state index contributed by atoms with van der Waals surface area (Å²) in [7, 11) is 0. The maximum Gasteiger partial charge on any atom is 0.307 e. The first-order valence-electron chi connectivity index (χ1n) is 4.16. The largest absolute Gasteiger partial charge is 0.481 e. The summed E-state index contributed by atoms with van der Waals surface area (Å²) in [4.78, 5) is 22.0. The van der Waals surface area contributed by atoms with Gasteiger partial charge in [0.2, 0.25) is 0 Å². The minimum atomic E-state index is -0.951. The van der Waals surface area contributed by atoms with Gasteiger partial charge in [-0.25, -0.2) is 0 Å². The zero-order chi connectivity index (χ0) is 10.6. The molecule has 76 valence electrons. The lowest BCUT2D eigenvalue weighted by atomic mass is 9.86. The summed E-state index contributed by atoms with van der Waals surface area (Å²) in [5.74, 6) is -1.44. The molecular formula is C9H16O3S. The number of hydrogen-bond acceptors (Lipinski definition) is 3. The van der Waals surface area contributed by atoms with Crippen molar-refractivity contribution in [1.29, 1.82) is 0 Å². The van der Waals surface area contributed by atoms with E-state index in [0.717, 1.165) is 0 Å². The summed E-state index contributed by atoms with van der Waals surface area (Å²) >= 11 is 3.89. The second-order valence-electron chi connectivity index (χ2n) is 4.10. The zero-order valence-electron chi connectivity index (χ0n) is 8.20. The normalized spacial score (nSPS) is 13.8. The molecule has 4 heteroatoms. The molecule has 0 aliphatic carbocycles. The fourth-order valence-corrected chi connectivity index (χ4v) is 1.05. The molecule has 0 saturated carbocycles. The Labute approximate surface area is 83.9 Å². The van der Waals surface area contributed by atoms with E-state index in [4.69, 9.17) is 5.11 Å². The third-order valence-corrected chi connectivity index (χ3v) is 2.28. The minimum Gasteiger partial charge on any atom is -0.481 e. The maximum atomic E-state index is 11.4. The minimum absolute atomic E-state index is 0.0334. The monoisotopic (exact) mass is 204 g/mol. The molecule has 0 rings (SSSR count). The fraction of sp³-hybridized carbons (Fsp3) is 0.778. The van der Waals surface area contributed by atoms with Gasteiger partial charge in [-0.2, -0.15) is 12.6 Å². The van der Waals surface area contributed by atoms with Gasteiger partial charge in [0.1, 0.15) is 5.78 Å². The van der Waals surface area contributed by atoms with Crippen molar-refractivity contribution in [2.45, 2.75) is 27.2 Å². The van der Waals surface area contributed by atoms with Crippen LogP contribution in [0.3, 0.4) is 0 Å². The highest BCUT2D eigenvalue weighted by molar-refractivity contribution is 7.80. The van der Waals surface area contributed by atoms with Crippen LogP contribution in [0.25, 0.3) is 0 Å². The second kappa shape index (κ2) is 4.65. The van der Waals surface area contributed by atoms with Gasteiger partial charge in [-0.3, -0.25) is 9.59 Å². The van der Waals surface area contributed by atoms with Crippen LogP contribution in [0.2, 0.25) is 0 Å². The van der Waals surface area contributed by atoms with E-state index >= 15 is 0 Å². The van der Waals surface area contributed by atoms with Crippen LogP contribution in [-0.4, -0.2) is 22.6 Å². The van der Waals surface area contributed by atoms with Crippen molar-refractivity contribution in [2.75, 3.05) is 5.75 Å². The van der Waals surface area contributed by atoms with E-state index in [9.17, 15) is 9.59 Å². The van der Waals surface area contributed by atoms with E-state index in [1.165, 1.54) is 0 Å². The zero-order valence-corrected chi connectivity index (χ0v) is 9.10. The van der Waals surface area contributed by atoms with Crippen molar-refractivity contribution in [3.05, 3.63) is 0 Å². The molecule has 0 fully saturated rings. The number of carbonyl (C=O) groups is 2. The molecule has 0 aliphatic rings. The highest BCUT2D eigenvalue weighted by Crippen LogP contribution is 2.20. The molecule has 1 unspecified atom stereocenters. The van der Waals surface area contributed by atoms with Crippen LogP contribution in [-0.2, 0) is 9.59 Å². The van der Waals surface area contributed by atoms with Gasteiger partial charge in [0.25, 0.3) is 0 Å². The van der Waals surface area contributed by atoms with Crippen LogP contribution in [0.1, 0.15) is 27.2 Å². The molecule has 3 nitrogen and oxygen atoms in total. The predicted molar refractivity (Wildman–Crippen MR) is 54.1 cm³/mol. The molecule has 1 atom stereocenters. The Kier molecular flexibility index (Phi) is 4.47. The number of aliphatic carboxylic acids is 1. The molecule has 0 aliphatic heterocycles. The lowest BCUT2D eigenvalue weighted by molar-refractivity contribution is -0.143. The molecule has 0 radical (unpaired) electrons. The van der Waals surface area contributed by atoms with Crippen LogP contribution in [0.5, 0.6) is 0 Å². The number of ketones is 1. The summed E-state index contributed by atoms with van der Waals surface area (Å²) in [5, 5.41) is 8.69. The van der Waals surface area contributed by atoms with Gasteiger partial charge in [0.05, 0.1) is 5.92 Å². The predicted octanol–water partition coefficient (Wildman–Crippen LogP) is 1.62. The molecule has 0 heterocycles. The van der Waals surface area contributed by atoms with E-state index in [1.807, 2.05) is 0 Å². The van der Waals surface area contributed by atoms with Crippen molar-refractivity contribution >= 4 is 24.4 Å². The highest BCUT2D eigenvalue weighted by atomic mass is 32.1. The van der Waals surface area contributed by atoms with Crippen LogP contribution in [0.4, 0.5) is 0 Å². The molecular weight excluding hydrogens is 188 g/mol. The van der Waals surface area contributed by atoms with Crippen molar-refractivity contribution in [3.8, 4) is 0 Å². The quantitative estimate of drug-likeness (QED) is 0.684. The summed E-state index contributed by atoms with van der Waals surface area (Å²) in [6.45, 7) is 5.35. The number of carboxylic acids is 1. The van der Waals surface area contributed by atoms with E-state index in [0.29, 0.717) is 0 Å². The smallest absolute Gasteiger partial charge is 0.307 e. The fourth-order valence-electron chi connectivity index (χ4n) is 0.760. The van der Waals surface area contributed by atoms with E-state index in [1.54, 1.807) is 20.8 Å². The number of carbonyl (C=O) groups excluding carboxylic acids is 1. The number of Topliss-reactive ketones (excluding diaryl/α,β-unsaturated/α-hetero) is 1. The third-order valence-electron chi connectivity index (χ3n) is 1.84. The SMILES string of the molecule is CC(C)(C)C(=O)CC(CS)C(=O)O. The van der Waals surface area contributed by atoms with Crippen LogP contribution < -0.4 is 0 Å². The van der Waals surface area contributed by atoms with Gasteiger partial charge in [-0.1, -0.05) is 20.8 Å². The maximum absolute atomic E-state index is 11.4. The van der Waals surface area contributed by atoms with E-state index in [2.05, 4.69) is 12.6 Å². The molecule has 0 spiro atoms. The molecule has 0 aromatic rings. The second-order valence-corrected chi connectivity index (χ2v) is 4.46. The van der Waals surface area contributed by atoms with Gasteiger partial charge in [0.15, 0.2) is 0 Å². The molecule has 0 saturated heterocycles. The van der Waals surface area contributed by atoms with Crippen LogP contribution >= 0.6 is 12.6 Å². The lowest BCUT2D eigenvalue weighted by Crippen LogP contribution is -2.27. The average Bonchev–Trinajstić information content (AvgIpc) is 1.96. The lowest BCUT2D eigenvalue weighted by Gasteiger charge is -2.18. The molecule has 0 aromatic heterocycles. The number of thiol groups is 1. The molecule has 0 aromatic carbocycles. The highest BCUT2D eigenvalue weighted by Gasteiger charge is 2.27. The van der Waals surface area contributed by atoms with Gasteiger partial charge >= 0.3 is 5.97 Å². The van der Waals surface area contributed by atoms with Crippen LogP contribution in [0.15, 0.2) is 0 Å². The Morgan fingerprint density at radius 2 is 1.85 bits per heavy atom. The molecule has 0 amide bonds. The summed E-state index contributed by atoms with van der Waals surface area (Å²) in [5.41, 5.74) is -0.462. The summed E-state index contributed by atoms with van der Waals surface area (Å²) in [6.07, 6.45) is 0.0718. The van der Waals surface area contributed by atoms with E-state index in [-0.39, 0.29) is 18.0 Å². The Morgan fingerprint density at radius 1 is 1.38 bits per heavy atom. The molecule has 13 heavy (non-hydrogen) atoms. The van der Waals surface area contributed by atoms with E-state index < -0.39 is 17.3 Å². The van der Waals surface area contributed by atoms with Gasteiger partial charge < -0.3 is 5.11 Å². The summed E-state index contributed by atoms with van der Waals surface area (Å²) in [6, 6.07) is 0. The van der Waals surface area contributed by atoms with Crippen molar-refractivity contribution in [2.24, 2.45) is 11.3 Å². The standard InChI is InChI=1S/C9H16O3S/c1-9(2,3)7(10)4-6(5-13)8(11)12/h6,13H,4-5H2,1-3H3,(H,11,12). The third kappa shape index (κ3) is 4.31. The van der Waals surface area contributed by atoms with Crippen molar-refractivity contribution in [3.63, 3.8) is 0 Å². The topological polar surface area (TPSA) is 54.4 Å². The van der Waals surface area contributed by atoms with Gasteiger partial charge in [-0.05, 0) is 0 Å². The Balaban J connectivity index is 4.26. The first-order valence-corrected chi connectivity index (χ1v) is 4.79. The average molecular weight is 204 g/mol. The van der Waals surface area contributed by atoms with Crippen molar-refractivity contribution in [1.82, 2.24) is 0 Å². The molecule has 0 bridgehead atoms. The van der Waals surface area contributed by atoms with Crippen LogP contribution in [0, 0.1) is 11.3 Å². The molecule has 1 N–H and O–H groups in total. The Hall–Kier alpha value is -0.510. The summed E-state index contributed by atoms with van der Waals surface area (Å²) < 4.78 is 0. The first-order chi connectivity index (χ1) is 5.79. The van der Waals surface area contributed by atoms with Gasteiger partial charge in [-0.15, -0.1) is 0 Å². The number of hydrogen-bond donors (Lipinski definition) is 2. The Morgan fingerprint density at radius 3 is 2.08 bits per heavy atom. The van der Waals surface area contributed by atoms with Gasteiger partial charge in [0, 0.05) is 17.6 Å². The first kappa shape index (κ1) is 12.5. The number of rotatable bonds is 4. The number of carboxylic acid groups (broad SMARTS) is 1.